The quantitative estimate of drug-likeness (QED) is 0.346. The molecule has 1 N–H and O–H groups in total. The summed E-state index contributed by atoms with van der Waals surface area (Å²) in [5.41, 5.74) is 0.403. The monoisotopic (exact) mass is 582 g/mol. The van der Waals surface area contributed by atoms with Crippen LogP contribution >= 0.6 is 11.6 Å². The normalized spacial score (nSPS) is 14.1. The number of pyridine rings is 3. The summed E-state index contributed by atoms with van der Waals surface area (Å²) < 4.78 is 51.0. The van der Waals surface area contributed by atoms with Crippen LogP contribution in [0.1, 0.15) is 59.1 Å². The maximum absolute atomic E-state index is 14.3. The summed E-state index contributed by atoms with van der Waals surface area (Å²) >= 11 is 6.45. The van der Waals surface area contributed by atoms with E-state index in [-0.39, 0.29) is 11.7 Å². The smallest absolute Gasteiger partial charge is 0.277 e. The molecule has 0 radical (unpaired) electrons. The van der Waals surface area contributed by atoms with Crippen LogP contribution in [0.25, 0.3) is 17.1 Å². The Labute approximate surface area is 242 Å². The lowest BCUT2D eigenvalue weighted by Crippen LogP contribution is -2.41. The Morgan fingerprint density at radius 3 is 2.68 bits per heavy atom. The first-order chi connectivity index (χ1) is 20.3. The molecule has 0 unspecified atom stereocenters. The molecule has 0 saturated heterocycles. The number of ether oxygens (including phenoxy) is 1. The molecule has 212 valence electrons. The predicted molar refractivity (Wildman–Crippen MR) is 148 cm³/mol. The minimum absolute atomic E-state index is 0.235. The van der Waals surface area contributed by atoms with Crippen LogP contribution in [0.15, 0.2) is 47.7 Å². The van der Waals surface area contributed by atoms with Crippen molar-refractivity contribution in [3.8, 4) is 22.8 Å². The van der Waals surface area contributed by atoms with E-state index in [0.717, 1.165) is 12.0 Å². The van der Waals surface area contributed by atoms with Gasteiger partial charge >= 0.3 is 0 Å². The Bertz CT molecular complexity index is 1800. The number of carbonyl (C=O) groups is 1. The van der Waals surface area contributed by atoms with E-state index in [1.807, 2.05) is 0 Å². The Morgan fingerprint density at radius 2 is 1.93 bits per heavy atom. The second-order valence-corrected chi connectivity index (χ2v) is 10.5. The third-order valence-corrected chi connectivity index (χ3v) is 6.90. The van der Waals surface area contributed by atoms with Gasteiger partial charge in [0.1, 0.15) is 28.8 Å². The second-order valence-electron chi connectivity index (χ2n) is 10.1. The highest BCUT2D eigenvalue weighted by Crippen LogP contribution is 2.31. The van der Waals surface area contributed by atoms with Crippen molar-refractivity contribution in [2.75, 3.05) is 0 Å². The lowest BCUT2D eigenvalue weighted by atomic mass is 10.0. The number of hydrogen-bond acceptors (Lipinski definition) is 7. The van der Waals surface area contributed by atoms with E-state index in [9.17, 15) is 18.4 Å². The zero-order valence-corrected chi connectivity index (χ0v) is 23.2. The molecule has 0 aromatic carbocycles. The third kappa shape index (κ3) is 5.95. The van der Waals surface area contributed by atoms with E-state index in [2.05, 4.69) is 25.3 Å². The highest BCUT2D eigenvalue weighted by molar-refractivity contribution is 6.31. The number of nitrogens with one attached hydrogen (secondary N) is 1. The average Bonchev–Trinajstić information content (AvgIpc) is 2.92. The van der Waals surface area contributed by atoms with E-state index in [4.69, 9.17) is 19.1 Å². The van der Waals surface area contributed by atoms with Crippen molar-refractivity contribution in [1.29, 1.82) is 0 Å². The van der Waals surface area contributed by atoms with E-state index < -0.39 is 40.0 Å². The predicted octanol–water partition coefficient (Wildman–Crippen LogP) is 4.85. The second kappa shape index (κ2) is 11.3. The lowest BCUT2D eigenvalue weighted by molar-refractivity contribution is -0.120. The van der Waals surface area contributed by atoms with Gasteiger partial charge in [-0.1, -0.05) is 11.6 Å². The van der Waals surface area contributed by atoms with E-state index >= 15 is 0 Å². The van der Waals surface area contributed by atoms with Gasteiger partial charge < -0.3 is 10.1 Å². The summed E-state index contributed by atoms with van der Waals surface area (Å²) in [5.74, 6) is -2.38. The molecule has 12 heteroatoms. The van der Waals surface area contributed by atoms with Gasteiger partial charge in [0.15, 0.2) is 11.6 Å². The van der Waals surface area contributed by atoms with Crippen LogP contribution in [0.4, 0.5) is 8.78 Å². The van der Waals surface area contributed by atoms with Gasteiger partial charge in [-0.25, -0.2) is 18.7 Å². The number of amides is 1. The van der Waals surface area contributed by atoms with Crippen LogP contribution in [-0.4, -0.2) is 30.4 Å². The molecule has 4 aromatic heterocycles. The zero-order chi connectivity index (χ0) is 31.1. The van der Waals surface area contributed by atoms with E-state index in [1.54, 1.807) is 38.4 Å². The maximum Gasteiger partial charge on any atom is 0.277 e. The van der Waals surface area contributed by atoms with Gasteiger partial charge in [-0.15, -0.1) is 0 Å². The standard InChI is InChI=1S/C29H27ClF2N6O3/c1-16(39)37-29(2,3)28-33-9-8-21(36-28)22-12-24-17(13-34-22)6-4-5-7-19-11-25(26(30)27(40)38(19)24)41-15-23-20(32)10-18(31)14-35-23/h8-14H,4-7,15H2,1-3H3,(H,37,39)/i15D2. The molecule has 1 aliphatic rings. The summed E-state index contributed by atoms with van der Waals surface area (Å²) in [7, 11) is 0. The SMILES string of the molecule is [2H]C([2H])(Oc1cc2n(c(=O)c1Cl)-c1cc(-c3ccnc(C(C)(C)NC(C)=O)n3)ncc1CCCC2)c1ncc(F)cc1F. The number of aromatic nitrogens is 5. The minimum atomic E-state index is -2.86. The molecule has 0 bridgehead atoms. The number of carbonyl (C=O) groups excluding carboxylic acids is 1. The van der Waals surface area contributed by atoms with Gasteiger partial charge in [0.2, 0.25) is 5.91 Å². The number of fused-ring (bicyclic) bond motifs is 3. The molecule has 0 spiro atoms. The molecule has 9 nitrogen and oxygen atoms in total. The summed E-state index contributed by atoms with van der Waals surface area (Å²) in [5, 5.41) is 2.39. The minimum Gasteiger partial charge on any atom is -0.485 e. The Morgan fingerprint density at radius 1 is 1.15 bits per heavy atom. The fourth-order valence-corrected chi connectivity index (χ4v) is 4.84. The highest BCUT2D eigenvalue weighted by Gasteiger charge is 2.26. The topological polar surface area (TPSA) is 112 Å². The molecule has 0 saturated carbocycles. The van der Waals surface area contributed by atoms with Crippen molar-refractivity contribution in [2.24, 2.45) is 0 Å². The Hall–Kier alpha value is -4.25. The van der Waals surface area contributed by atoms with Crippen molar-refractivity contribution >= 4 is 17.5 Å². The summed E-state index contributed by atoms with van der Waals surface area (Å²) in [4.78, 5) is 42.5. The van der Waals surface area contributed by atoms with Crippen LogP contribution in [0.3, 0.4) is 0 Å². The van der Waals surface area contributed by atoms with Gasteiger partial charge in [0.25, 0.3) is 5.56 Å². The van der Waals surface area contributed by atoms with Crippen molar-refractivity contribution in [3.63, 3.8) is 0 Å². The Balaban J connectivity index is 1.59. The van der Waals surface area contributed by atoms with Crippen molar-refractivity contribution < 1.29 is 21.1 Å². The Kier molecular flexibility index (Phi) is 7.10. The number of hydrogen-bond donors (Lipinski definition) is 1. The first kappa shape index (κ1) is 25.7. The summed E-state index contributed by atoms with van der Waals surface area (Å²) in [6, 6.07) is 5.32. The van der Waals surface area contributed by atoms with Crippen LogP contribution in [0, 0.1) is 11.6 Å². The number of halogens is 3. The molecule has 5 heterocycles. The molecule has 1 amide bonds. The van der Waals surface area contributed by atoms with Crippen LogP contribution in [0.2, 0.25) is 5.02 Å². The largest absolute Gasteiger partial charge is 0.485 e. The van der Waals surface area contributed by atoms with E-state index in [0.29, 0.717) is 60.1 Å². The van der Waals surface area contributed by atoms with Gasteiger partial charge in [-0.05, 0) is 57.2 Å². The fraction of sp³-hybridized carbons (Fsp3) is 0.310. The van der Waals surface area contributed by atoms with Gasteiger partial charge in [0, 0.05) is 37.1 Å². The van der Waals surface area contributed by atoms with Gasteiger partial charge in [-0.3, -0.25) is 24.1 Å². The fourth-order valence-electron chi connectivity index (χ4n) is 4.66. The average molecular weight is 583 g/mol. The lowest BCUT2D eigenvalue weighted by Gasteiger charge is -2.24. The number of nitrogens with zero attached hydrogens (tertiary/aromatic N) is 5. The van der Waals surface area contributed by atoms with Crippen molar-refractivity contribution in [1.82, 2.24) is 29.8 Å². The summed E-state index contributed by atoms with van der Waals surface area (Å²) in [6.07, 6.45) is 6.48. The molecule has 1 aliphatic heterocycles. The first-order valence-electron chi connectivity index (χ1n) is 13.8. The molecular weight excluding hydrogens is 554 g/mol. The van der Waals surface area contributed by atoms with E-state index in [1.165, 1.54) is 17.6 Å². The van der Waals surface area contributed by atoms with Crippen molar-refractivity contribution in [3.05, 3.63) is 92.6 Å². The maximum atomic E-state index is 14.3. The van der Waals surface area contributed by atoms with Gasteiger partial charge in [0.05, 0.1) is 31.6 Å². The van der Waals surface area contributed by atoms with Gasteiger partial charge in [-0.2, -0.15) is 0 Å². The highest BCUT2D eigenvalue weighted by atomic mass is 35.5. The van der Waals surface area contributed by atoms with Crippen LogP contribution in [0.5, 0.6) is 5.75 Å². The van der Waals surface area contributed by atoms with Crippen molar-refractivity contribution in [2.45, 2.75) is 58.6 Å². The number of aryl methyl sites for hydroxylation is 2. The van der Waals surface area contributed by atoms with Crippen LogP contribution in [-0.2, 0) is 29.7 Å². The molecule has 4 aromatic rings. The van der Waals surface area contributed by atoms with Crippen LogP contribution < -0.4 is 15.6 Å². The summed E-state index contributed by atoms with van der Waals surface area (Å²) in [6.45, 7) is 2.10. The third-order valence-electron chi connectivity index (χ3n) is 6.55. The molecule has 0 atom stereocenters. The molecule has 5 rings (SSSR count). The first-order valence-corrected chi connectivity index (χ1v) is 13.2. The number of rotatable bonds is 6. The molecular formula is C29H27ClF2N6O3. The molecule has 0 fully saturated rings. The zero-order valence-electron chi connectivity index (χ0n) is 24.5. The molecule has 41 heavy (non-hydrogen) atoms. The molecule has 0 aliphatic carbocycles.